The highest BCUT2D eigenvalue weighted by Crippen LogP contribution is 2.30. The normalized spacial score (nSPS) is 17.7. The monoisotopic (exact) mass is 473 g/mol. The van der Waals surface area contributed by atoms with E-state index in [1.165, 1.54) is 11.1 Å². The summed E-state index contributed by atoms with van der Waals surface area (Å²) in [6, 6.07) is 10.3. The van der Waals surface area contributed by atoms with E-state index in [9.17, 15) is 9.59 Å². The van der Waals surface area contributed by atoms with Gasteiger partial charge in [0.25, 0.3) is 5.91 Å². The maximum absolute atomic E-state index is 13.2. The second-order valence-corrected chi connectivity index (χ2v) is 10.3. The van der Waals surface area contributed by atoms with Crippen LogP contribution >= 0.6 is 0 Å². The van der Waals surface area contributed by atoms with Crippen molar-refractivity contribution in [1.82, 2.24) is 19.4 Å². The third-order valence-electron chi connectivity index (χ3n) is 7.72. The molecule has 0 unspecified atom stereocenters. The minimum Gasteiger partial charge on any atom is -0.339 e. The van der Waals surface area contributed by atoms with Crippen molar-refractivity contribution in [2.45, 2.75) is 52.4 Å². The Balaban J connectivity index is 1.25. The van der Waals surface area contributed by atoms with E-state index in [-0.39, 0.29) is 11.9 Å². The van der Waals surface area contributed by atoms with Crippen molar-refractivity contribution in [3.63, 3.8) is 0 Å². The standard InChI is InChI=1S/C28H35N5O2/c1-19-6-11-31(12-7-19)27(34)24-18-29-33-15-10-23(17-26(24)33)22-8-13-32(14-9-22)28(35)30-25-5-4-20(2)16-21(25)3/h4-5,10,15-19,22H,6-9,11-14H2,1-3H3,(H,30,35). The van der Waals surface area contributed by atoms with Crippen molar-refractivity contribution in [3.05, 3.63) is 65.0 Å². The van der Waals surface area contributed by atoms with Gasteiger partial charge in [-0.3, -0.25) is 4.79 Å². The van der Waals surface area contributed by atoms with E-state index in [0.29, 0.717) is 30.5 Å². The number of hydrogen-bond donors (Lipinski definition) is 1. The minimum absolute atomic E-state index is 0.0367. The highest BCUT2D eigenvalue weighted by Gasteiger charge is 2.27. The van der Waals surface area contributed by atoms with Gasteiger partial charge in [0, 0.05) is 38.1 Å². The Labute approximate surface area is 207 Å². The molecule has 2 aliphatic rings. The Morgan fingerprint density at radius 3 is 2.37 bits per heavy atom. The van der Waals surface area contributed by atoms with E-state index >= 15 is 0 Å². The summed E-state index contributed by atoms with van der Waals surface area (Å²) in [4.78, 5) is 29.9. The number of nitrogens with zero attached hydrogens (tertiary/aromatic N) is 4. The lowest BCUT2D eigenvalue weighted by molar-refractivity contribution is 0.0699. The molecule has 0 aliphatic carbocycles. The lowest BCUT2D eigenvalue weighted by Gasteiger charge is -2.32. The largest absolute Gasteiger partial charge is 0.339 e. The van der Waals surface area contributed by atoms with Gasteiger partial charge in [-0.05, 0) is 80.7 Å². The molecule has 0 spiro atoms. The van der Waals surface area contributed by atoms with Gasteiger partial charge in [0.2, 0.25) is 0 Å². The molecule has 3 aromatic rings. The molecule has 0 saturated carbocycles. The first kappa shape index (κ1) is 23.4. The van der Waals surface area contributed by atoms with Crippen molar-refractivity contribution >= 4 is 23.1 Å². The number of rotatable bonds is 3. The maximum atomic E-state index is 13.2. The third kappa shape index (κ3) is 4.90. The third-order valence-corrected chi connectivity index (χ3v) is 7.72. The van der Waals surface area contributed by atoms with Crippen LogP contribution in [0.5, 0.6) is 0 Å². The Hall–Kier alpha value is -3.35. The van der Waals surface area contributed by atoms with E-state index in [1.807, 2.05) is 35.1 Å². The molecule has 2 aliphatic heterocycles. The number of hydrogen-bond acceptors (Lipinski definition) is 3. The molecule has 7 heteroatoms. The first-order valence-electron chi connectivity index (χ1n) is 12.8. The smallest absolute Gasteiger partial charge is 0.321 e. The lowest BCUT2D eigenvalue weighted by atomic mass is 9.89. The van der Waals surface area contributed by atoms with Crippen LogP contribution in [0, 0.1) is 19.8 Å². The van der Waals surface area contributed by atoms with E-state index in [2.05, 4.69) is 42.5 Å². The zero-order valence-corrected chi connectivity index (χ0v) is 21.0. The number of pyridine rings is 1. The predicted molar refractivity (Wildman–Crippen MR) is 138 cm³/mol. The number of aromatic nitrogens is 2. The maximum Gasteiger partial charge on any atom is 0.321 e. The Bertz CT molecular complexity index is 1230. The molecule has 0 radical (unpaired) electrons. The summed E-state index contributed by atoms with van der Waals surface area (Å²) in [5.74, 6) is 1.13. The minimum atomic E-state index is -0.0367. The number of carbonyl (C=O) groups is 2. The molecule has 35 heavy (non-hydrogen) atoms. The van der Waals surface area contributed by atoms with Crippen molar-refractivity contribution in [1.29, 1.82) is 0 Å². The molecule has 2 fully saturated rings. The summed E-state index contributed by atoms with van der Waals surface area (Å²) in [5, 5.41) is 7.50. The highest BCUT2D eigenvalue weighted by molar-refractivity contribution is 6.00. The number of carbonyl (C=O) groups excluding carboxylic acids is 2. The summed E-state index contributed by atoms with van der Waals surface area (Å²) in [6.45, 7) is 9.39. The summed E-state index contributed by atoms with van der Waals surface area (Å²) in [5.41, 5.74) is 5.91. The average molecular weight is 474 g/mol. The molecule has 1 N–H and O–H groups in total. The number of anilines is 1. The first-order chi connectivity index (χ1) is 16.9. The zero-order valence-electron chi connectivity index (χ0n) is 21.0. The van der Waals surface area contributed by atoms with Gasteiger partial charge in [-0.15, -0.1) is 0 Å². The second kappa shape index (κ2) is 9.72. The number of aryl methyl sites for hydroxylation is 2. The topological polar surface area (TPSA) is 70.0 Å². The second-order valence-electron chi connectivity index (χ2n) is 10.3. The molecule has 4 heterocycles. The summed E-state index contributed by atoms with van der Waals surface area (Å²) < 4.78 is 1.80. The van der Waals surface area contributed by atoms with Crippen LogP contribution in [0.1, 0.15) is 65.6 Å². The number of benzene rings is 1. The van der Waals surface area contributed by atoms with Gasteiger partial charge in [-0.2, -0.15) is 5.10 Å². The fourth-order valence-electron chi connectivity index (χ4n) is 5.36. The van der Waals surface area contributed by atoms with E-state index in [4.69, 9.17) is 0 Å². The van der Waals surface area contributed by atoms with E-state index in [1.54, 1.807) is 10.7 Å². The van der Waals surface area contributed by atoms with Gasteiger partial charge >= 0.3 is 6.03 Å². The SMILES string of the molecule is Cc1ccc(NC(=O)N2CCC(c3ccn4ncc(C(=O)N5CCC(C)CC5)c4c3)CC2)c(C)c1. The van der Waals surface area contributed by atoms with Crippen LogP contribution < -0.4 is 5.32 Å². The highest BCUT2D eigenvalue weighted by atomic mass is 16.2. The number of fused-ring (bicyclic) bond motifs is 1. The lowest BCUT2D eigenvalue weighted by Crippen LogP contribution is -2.40. The molecule has 0 atom stereocenters. The number of amides is 3. The van der Waals surface area contributed by atoms with Crippen molar-refractivity contribution in [2.75, 3.05) is 31.5 Å². The Morgan fingerprint density at radius 2 is 1.66 bits per heavy atom. The van der Waals surface area contributed by atoms with Crippen LogP contribution in [0.15, 0.2) is 42.7 Å². The van der Waals surface area contributed by atoms with Crippen LogP contribution in [-0.4, -0.2) is 57.5 Å². The van der Waals surface area contributed by atoms with Crippen LogP contribution in [0.3, 0.4) is 0 Å². The fourth-order valence-corrected chi connectivity index (χ4v) is 5.36. The van der Waals surface area contributed by atoms with Gasteiger partial charge in [0.15, 0.2) is 0 Å². The number of likely N-dealkylation sites (tertiary alicyclic amines) is 2. The number of nitrogens with one attached hydrogen (secondary N) is 1. The van der Waals surface area contributed by atoms with Gasteiger partial charge in [0.05, 0.1) is 17.3 Å². The molecule has 3 amide bonds. The Kier molecular flexibility index (Phi) is 6.50. The molecule has 7 nitrogen and oxygen atoms in total. The van der Waals surface area contributed by atoms with Gasteiger partial charge in [-0.25, -0.2) is 9.31 Å². The van der Waals surface area contributed by atoms with E-state index in [0.717, 1.165) is 55.5 Å². The van der Waals surface area contributed by atoms with Crippen LogP contribution in [0.25, 0.3) is 5.52 Å². The Morgan fingerprint density at radius 1 is 0.943 bits per heavy atom. The van der Waals surface area contributed by atoms with Crippen molar-refractivity contribution < 1.29 is 9.59 Å². The molecule has 5 rings (SSSR count). The van der Waals surface area contributed by atoms with Crippen LogP contribution in [0.2, 0.25) is 0 Å². The molecule has 0 bridgehead atoms. The van der Waals surface area contributed by atoms with Gasteiger partial charge in [0.1, 0.15) is 0 Å². The number of urea groups is 1. The molecular weight excluding hydrogens is 438 g/mol. The average Bonchev–Trinajstić information content (AvgIpc) is 3.29. The van der Waals surface area contributed by atoms with Gasteiger partial charge in [-0.1, -0.05) is 24.6 Å². The van der Waals surface area contributed by atoms with Crippen LogP contribution in [-0.2, 0) is 0 Å². The van der Waals surface area contributed by atoms with Gasteiger partial charge < -0.3 is 15.1 Å². The zero-order chi connectivity index (χ0) is 24.5. The molecule has 2 aromatic heterocycles. The summed E-state index contributed by atoms with van der Waals surface area (Å²) in [7, 11) is 0. The summed E-state index contributed by atoms with van der Waals surface area (Å²) >= 11 is 0. The molecule has 184 valence electrons. The van der Waals surface area contributed by atoms with Crippen molar-refractivity contribution in [2.24, 2.45) is 5.92 Å². The van der Waals surface area contributed by atoms with Crippen LogP contribution in [0.4, 0.5) is 10.5 Å². The molecule has 1 aromatic carbocycles. The first-order valence-corrected chi connectivity index (χ1v) is 12.8. The summed E-state index contributed by atoms with van der Waals surface area (Å²) in [6.07, 6.45) is 7.59. The molecule has 2 saturated heterocycles. The quantitative estimate of drug-likeness (QED) is 0.566. The predicted octanol–water partition coefficient (Wildman–Crippen LogP) is 5.23. The van der Waals surface area contributed by atoms with E-state index < -0.39 is 0 Å². The number of piperidine rings is 2. The van der Waals surface area contributed by atoms with Crippen molar-refractivity contribution in [3.8, 4) is 0 Å². The fraction of sp³-hybridized carbons (Fsp3) is 0.464. The molecular formula is C28H35N5O2.